The number of nitrogens with zero attached hydrogens (tertiary/aromatic N) is 7. The van der Waals surface area contributed by atoms with Crippen molar-refractivity contribution in [3.05, 3.63) is 110 Å². The number of aromatic nitrogens is 4. The van der Waals surface area contributed by atoms with Crippen LogP contribution in [0.4, 0.5) is 11.4 Å². The third-order valence-electron chi connectivity index (χ3n) is 19.8. The summed E-state index contributed by atoms with van der Waals surface area (Å²) >= 11 is 0. The molecular formula is C72H107N10O12+. The van der Waals surface area contributed by atoms with E-state index in [1.807, 2.05) is 13.8 Å². The molecule has 3 fully saturated rings. The van der Waals surface area contributed by atoms with Gasteiger partial charge in [-0.05, 0) is 115 Å². The first kappa shape index (κ1) is 73.0. The minimum atomic E-state index is -0.319. The first-order chi connectivity index (χ1) is 45.3. The number of H-pyrrole nitrogens is 1. The fourth-order valence-electron chi connectivity index (χ4n) is 14.2. The number of fused-ring (bicyclic) bond motifs is 6. The highest BCUT2D eigenvalue weighted by molar-refractivity contribution is 6.03. The van der Waals surface area contributed by atoms with E-state index in [1.165, 1.54) is 43.4 Å². The van der Waals surface area contributed by atoms with Crippen LogP contribution in [0.1, 0.15) is 149 Å². The zero-order chi connectivity index (χ0) is 67.3. The lowest BCUT2D eigenvalue weighted by molar-refractivity contribution is -0.401. The van der Waals surface area contributed by atoms with Crippen LogP contribution in [0.25, 0.3) is 11.2 Å². The summed E-state index contributed by atoms with van der Waals surface area (Å²) in [7, 11) is 3.82. The minimum absolute atomic E-state index is 0.0112. The van der Waals surface area contributed by atoms with Gasteiger partial charge in [0.2, 0.25) is 29.3 Å². The third kappa shape index (κ3) is 18.2. The van der Waals surface area contributed by atoms with Gasteiger partial charge in [-0.3, -0.25) is 33.1 Å². The second kappa shape index (κ2) is 34.7. The number of aryl methyl sites for hydroxylation is 1. The number of carbonyl (C=O) groups excluding carboxylic acids is 4. The van der Waals surface area contributed by atoms with Crippen LogP contribution in [0.15, 0.2) is 82.0 Å². The summed E-state index contributed by atoms with van der Waals surface area (Å²) in [6, 6.07) is 17.3. The molecule has 22 nitrogen and oxygen atoms in total. The van der Waals surface area contributed by atoms with Crippen molar-refractivity contribution in [2.24, 2.45) is 5.41 Å². The lowest BCUT2D eigenvalue weighted by Gasteiger charge is -2.53. The van der Waals surface area contributed by atoms with E-state index in [0.717, 1.165) is 83.0 Å². The zero-order valence-electron chi connectivity index (χ0n) is 57.7. The molecule has 0 spiro atoms. The molecule has 0 atom stereocenters. The number of benzene rings is 2. The number of likely N-dealkylation sites (N-methyl/N-ethyl adjacent to an activating group) is 2. The van der Waals surface area contributed by atoms with Gasteiger partial charge in [-0.25, -0.2) is 9.78 Å². The van der Waals surface area contributed by atoms with Crippen molar-refractivity contribution in [2.45, 2.75) is 161 Å². The number of imidazole rings is 1. The Balaban J connectivity index is 0.569. The quantitative estimate of drug-likeness (QED) is 0.0284. The van der Waals surface area contributed by atoms with Crippen LogP contribution in [0.5, 0.6) is 0 Å². The van der Waals surface area contributed by atoms with Gasteiger partial charge in [0.25, 0.3) is 5.56 Å². The van der Waals surface area contributed by atoms with Crippen LogP contribution in [0, 0.1) is 5.41 Å². The van der Waals surface area contributed by atoms with E-state index >= 15 is 0 Å². The molecule has 0 radical (unpaired) electrons. The van der Waals surface area contributed by atoms with E-state index in [2.05, 4.69) is 127 Å². The number of aromatic amines is 1. The van der Waals surface area contributed by atoms with Crippen molar-refractivity contribution in [2.75, 3.05) is 138 Å². The molecule has 94 heavy (non-hydrogen) atoms. The fraction of sp³-hybridized carbons (Fsp3) is 0.639. The number of nitrogens with one attached hydrogen (secondary N) is 3. The first-order valence-electron chi connectivity index (χ1n) is 34.5. The van der Waals surface area contributed by atoms with Gasteiger partial charge in [0.15, 0.2) is 11.4 Å². The molecule has 2 aromatic heterocycles. The minimum Gasteiger partial charge on any atom is -0.377 e. The monoisotopic (exact) mass is 1300 g/mol. The summed E-state index contributed by atoms with van der Waals surface area (Å²) in [6.07, 6.45) is 17.2. The number of allylic oxidation sites excluding steroid dienone is 4. The van der Waals surface area contributed by atoms with Gasteiger partial charge in [0, 0.05) is 99.1 Å². The maximum Gasteiger partial charge on any atom is 0.332 e. The van der Waals surface area contributed by atoms with Crippen LogP contribution in [-0.4, -0.2) is 195 Å². The molecule has 4 amide bonds. The summed E-state index contributed by atoms with van der Waals surface area (Å²) in [5.74, 6) is 0.287. The number of unbranched alkanes of at least 4 members (excludes halogenated alkanes) is 2. The number of para-hydroxylation sites is 2. The summed E-state index contributed by atoms with van der Waals surface area (Å²) in [5, 5.41) is 5.69. The second-order valence-electron chi connectivity index (χ2n) is 26.7. The Hall–Kier alpha value is -6.82. The molecule has 0 unspecified atom stereocenters. The van der Waals surface area contributed by atoms with E-state index in [9.17, 15) is 28.8 Å². The van der Waals surface area contributed by atoms with E-state index in [-0.39, 0.29) is 69.6 Å². The predicted octanol–water partition coefficient (Wildman–Crippen LogP) is 7.83. The van der Waals surface area contributed by atoms with Gasteiger partial charge < -0.3 is 58.7 Å². The molecule has 9 rings (SSSR count). The van der Waals surface area contributed by atoms with E-state index in [1.54, 1.807) is 23.4 Å². The van der Waals surface area contributed by atoms with Crippen LogP contribution >= 0.6 is 0 Å². The molecule has 4 aromatic rings. The second-order valence-corrected chi connectivity index (χ2v) is 26.7. The number of hydrogen-bond acceptors (Lipinski definition) is 14. The lowest BCUT2D eigenvalue weighted by atomic mass is 9.52. The Morgan fingerprint density at radius 1 is 0.660 bits per heavy atom. The van der Waals surface area contributed by atoms with Gasteiger partial charge >= 0.3 is 5.69 Å². The fourth-order valence-corrected chi connectivity index (χ4v) is 14.2. The maximum absolute atomic E-state index is 13.2. The van der Waals surface area contributed by atoms with Gasteiger partial charge in [0.05, 0.1) is 97.8 Å². The Morgan fingerprint density at radius 3 is 1.80 bits per heavy atom. The molecule has 3 saturated carbocycles. The largest absolute Gasteiger partial charge is 0.377 e. The number of amides is 4. The standard InChI is InChI=1S/C72H106N10O12/c1-10-38-82-65-64(66(87)80(12-3)68(82)88)75-67(76-65)72-33-30-71(31-34-72,32-35-72)29-28-62(85)77(8)52-60(83)73-36-40-89-42-44-91-46-48-93-50-51-94-49-47-92-45-43-90-41-37-74-61(84)53-79(11-2)63(86)27-14-13-19-39-81-57-24-18-16-22-55(57)70(6,7)59(81)26-20-25-58-69(4,5)54-21-15-17-23-56(54)78(58)9/h15-18,20-26H,10-14,19,27-53H2,1-9H3,(H2-,73,74,75,76,83,84,87)/p+1. The van der Waals surface area contributed by atoms with Crippen LogP contribution in [0.3, 0.4) is 0 Å². The number of rotatable bonds is 41. The Kier molecular flexibility index (Phi) is 27.0. The predicted molar refractivity (Wildman–Crippen MR) is 365 cm³/mol. The normalized spacial score (nSPS) is 19.0. The summed E-state index contributed by atoms with van der Waals surface area (Å²) in [6.45, 7) is 22.3. The van der Waals surface area contributed by atoms with E-state index in [4.69, 9.17) is 33.4 Å². The Morgan fingerprint density at radius 2 is 1.22 bits per heavy atom. The number of anilines is 1. The average Bonchev–Trinajstić information content (AvgIpc) is 1.48. The highest BCUT2D eigenvalue weighted by Gasteiger charge is 2.51. The summed E-state index contributed by atoms with van der Waals surface area (Å²) in [4.78, 5) is 92.0. The smallest absolute Gasteiger partial charge is 0.332 e. The molecule has 2 aromatic carbocycles. The molecule has 5 aliphatic rings. The molecule has 516 valence electrons. The van der Waals surface area contributed by atoms with Crippen LogP contribution < -0.4 is 26.8 Å². The molecule has 2 aliphatic heterocycles. The van der Waals surface area contributed by atoms with Crippen LogP contribution in [0.2, 0.25) is 0 Å². The summed E-state index contributed by atoms with van der Waals surface area (Å²) < 4.78 is 38.8. The maximum atomic E-state index is 13.2. The molecular weight excluding hydrogens is 1200 g/mol. The van der Waals surface area contributed by atoms with E-state index < -0.39 is 0 Å². The van der Waals surface area contributed by atoms with Crippen molar-refractivity contribution < 1.29 is 52.2 Å². The zero-order valence-corrected chi connectivity index (χ0v) is 57.7. The highest BCUT2D eigenvalue weighted by atomic mass is 16.6. The van der Waals surface area contributed by atoms with Crippen molar-refractivity contribution in [3.8, 4) is 0 Å². The highest BCUT2D eigenvalue weighted by Crippen LogP contribution is 2.59. The Labute approximate surface area is 555 Å². The number of carbonyl (C=O) groups is 4. The van der Waals surface area contributed by atoms with Crippen molar-refractivity contribution in [3.63, 3.8) is 0 Å². The first-order valence-corrected chi connectivity index (χ1v) is 34.5. The molecule has 3 N–H and O–H groups in total. The summed E-state index contributed by atoms with van der Waals surface area (Å²) in [5.41, 5.74) is 7.54. The third-order valence-corrected chi connectivity index (χ3v) is 19.8. The van der Waals surface area contributed by atoms with Crippen molar-refractivity contribution >= 4 is 51.9 Å². The van der Waals surface area contributed by atoms with Crippen LogP contribution in [-0.2, 0) is 76.9 Å². The molecule has 2 bridgehead atoms. The van der Waals surface area contributed by atoms with E-state index in [0.29, 0.717) is 136 Å². The van der Waals surface area contributed by atoms with Crippen molar-refractivity contribution in [1.82, 2.24) is 39.5 Å². The average molecular weight is 1300 g/mol. The molecule has 3 aliphatic carbocycles. The molecule has 0 saturated heterocycles. The lowest BCUT2D eigenvalue weighted by Crippen LogP contribution is -2.45. The number of ether oxygens (including phenoxy) is 6. The number of hydrogen-bond donors (Lipinski definition) is 3. The molecule has 22 heteroatoms. The van der Waals surface area contributed by atoms with Crippen molar-refractivity contribution in [1.29, 1.82) is 0 Å². The van der Waals surface area contributed by atoms with Gasteiger partial charge in [-0.1, -0.05) is 69.7 Å². The van der Waals surface area contributed by atoms with Gasteiger partial charge in [0.1, 0.15) is 18.4 Å². The molecule has 4 heterocycles. The Bertz CT molecular complexity index is 3390. The van der Waals surface area contributed by atoms with Gasteiger partial charge in [-0.15, -0.1) is 0 Å². The van der Waals surface area contributed by atoms with Gasteiger partial charge in [-0.2, -0.15) is 4.58 Å². The SMILES string of the molecule is CCCn1c(=O)n(CC)c(=O)c2[nH]c(C34CCC(CCC(=O)N(C)CC(=O)NCCOCCOCCOCCOCCOCCOCCNC(=O)CN(CC)C(=O)CCCCCN5/C(=C\C=C\C6=[N+](C)c7ccccc7C6(C)C)C(C)(C)c6ccccc65)(CC3)CC4)nc21. The topological polar surface area (TPSA) is 233 Å².